The lowest BCUT2D eigenvalue weighted by molar-refractivity contribution is -0.137. The van der Waals surface area contributed by atoms with Crippen LogP contribution in [0.25, 0.3) is 0 Å². The van der Waals surface area contributed by atoms with Gasteiger partial charge in [-0.3, -0.25) is 14.6 Å². The monoisotopic (exact) mass is 417 g/mol. The normalized spacial score (nSPS) is 23.8. The lowest BCUT2D eigenvalue weighted by Crippen LogP contribution is -2.64. The van der Waals surface area contributed by atoms with E-state index in [0.29, 0.717) is 24.1 Å². The Morgan fingerprint density at radius 1 is 1.14 bits per heavy atom. The second kappa shape index (κ2) is 7.35. The van der Waals surface area contributed by atoms with E-state index in [0.717, 1.165) is 17.0 Å². The topological polar surface area (TPSA) is 68.7 Å². The molecule has 3 aliphatic heterocycles. The number of carbonyl (C=O) groups excluding carboxylic acids is 2. The van der Waals surface area contributed by atoms with Crippen LogP contribution in [0, 0.1) is 0 Å². The van der Waals surface area contributed by atoms with Gasteiger partial charge < -0.3 is 14.5 Å². The minimum absolute atomic E-state index is 0.128. The molecule has 0 aromatic heterocycles. The Kier molecular flexibility index (Phi) is 5.00. The molecule has 29 heavy (non-hydrogen) atoms. The van der Waals surface area contributed by atoms with Crippen LogP contribution >= 0.6 is 11.6 Å². The number of hydrogen-bond acceptors (Lipinski definition) is 6. The first-order valence-electron chi connectivity index (χ1n) is 9.49. The summed E-state index contributed by atoms with van der Waals surface area (Å²) in [5.41, 5.74) is 2.72. The maximum absolute atomic E-state index is 13.4. The molecule has 0 N–H and O–H groups in total. The minimum atomic E-state index is -0.585. The van der Waals surface area contributed by atoms with Gasteiger partial charge in [-0.05, 0) is 25.5 Å². The number of amides is 3. The van der Waals surface area contributed by atoms with Gasteiger partial charge in [0.05, 0.1) is 13.2 Å². The van der Waals surface area contributed by atoms with Crippen LogP contribution in [0.15, 0.2) is 40.7 Å². The molecule has 8 nitrogen and oxygen atoms in total. The molecule has 0 bridgehead atoms. The molecule has 2 unspecified atom stereocenters. The number of fused-ring (bicyclic) bond motifs is 3. The fourth-order valence-electron chi connectivity index (χ4n) is 4.07. The summed E-state index contributed by atoms with van der Waals surface area (Å²) in [6.45, 7) is 5.27. The highest BCUT2D eigenvalue weighted by molar-refractivity contribution is 6.31. The maximum atomic E-state index is 13.4. The van der Waals surface area contributed by atoms with E-state index in [9.17, 15) is 9.59 Å². The lowest BCUT2D eigenvalue weighted by atomic mass is 10.1. The summed E-state index contributed by atoms with van der Waals surface area (Å²) < 4.78 is 5.22. The van der Waals surface area contributed by atoms with E-state index >= 15 is 0 Å². The van der Waals surface area contributed by atoms with E-state index in [4.69, 9.17) is 21.3 Å². The second-order valence-corrected chi connectivity index (χ2v) is 7.79. The van der Waals surface area contributed by atoms with Gasteiger partial charge in [-0.1, -0.05) is 29.8 Å². The molecule has 1 saturated heterocycles. The Bertz CT molecular complexity index is 930. The third-order valence-corrected chi connectivity index (χ3v) is 6.18. The largest absolute Gasteiger partial charge is 0.383 e. The average Bonchev–Trinajstić information content (AvgIpc) is 3.20. The number of nitrogens with zero attached hydrogens (tertiary/aromatic N) is 5. The van der Waals surface area contributed by atoms with E-state index in [1.807, 2.05) is 41.8 Å². The number of aliphatic imine (C=N–C) groups is 1. The number of ether oxygens (including phenoxy) is 1. The second-order valence-electron chi connectivity index (χ2n) is 7.38. The molecule has 2 atom stereocenters. The van der Waals surface area contributed by atoms with Gasteiger partial charge in [-0.2, -0.15) is 0 Å². The van der Waals surface area contributed by atoms with Gasteiger partial charge in [0.1, 0.15) is 0 Å². The number of benzene rings is 1. The summed E-state index contributed by atoms with van der Waals surface area (Å²) in [6, 6.07) is 6.28. The Labute approximate surface area is 175 Å². The van der Waals surface area contributed by atoms with Gasteiger partial charge in [0.15, 0.2) is 12.2 Å². The van der Waals surface area contributed by atoms with Crippen molar-refractivity contribution in [3.8, 4) is 0 Å². The van der Waals surface area contributed by atoms with Crippen LogP contribution in [0.3, 0.4) is 0 Å². The number of allylic oxidation sites excluding steroid dienone is 2. The molecule has 0 radical (unpaired) electrons. The zero-order valence-corrected chi connectivity index (χ0v) is 17.7. The van der Waals surface area contributed by atoms with E-state index in [2.05, 4.69) is 0 Å². The number of likely N-dealkylation sites (N-methyl/N-ethyl adjacent to an activating group) is 1. The molecular weight excluding hydrogens is 394 g/mol. The van der Waals surface area contributed by atoms with Crippen molar-refractivity contribution in [2.75, 3.05) is 27.3 Å². The summed E-state index contributed by atoms with van der Waals surface area (Å²) in [6.07, 6.45) is -0.555. The van der Waals surface area contributed by atoms with Crippen molar-refractivity contribution in [1.29, 1.82) is 0 Å². The molecule has 1 aromatic carbocycles. The molecule has 1 fully saturated rings. The molecule has 4 rings (SSSR count). The third-order valence-electron chi connectivity index (χ3n) is 5.81. The lowest BCUT2D eigenvalue weighted by Gasteiger charge is -2.40. The van der Waals surface area contributed by atoms with Crippen LogP contribution in [0.2, 0.25) is 5.02 Å². The van der Waals surface area contributed by atoms with Crippen LogP contribution < -0.4 is 0 Å². The predicted octanol–water partition coefficient (Wildman–Crippen LogP) is 2.31. The number of urea groups is 1. The summed E-state index contributed by atoms with van der Waals surface area (Å²) in [5, 5.41) is 0.528. The van der Waals surface area contributed by atoms with E-state index in [1.54, 1.807) is 20.2 Å². The van der Waals surface area contributed by atoms with Crippen LogP contribution in [0.5, 0.6) is 0 Å². The number of rotatable bonds is 5. The SMILES string of the molecule is COCCN1C2=NC3C(C(=O)N(Cc4ccccc4Cl)C(=O)N3C)N2C(C)=C1C. The molecule has 9 heteroatoms. The quantitative estimate of drug-likeness (QED) is 0.735. The first-order valence-corrected chi connectivity index (χ1v) is 9.87. The van der Waals surface area contributed by atoms with Gasteiger partial charge in [-0.15, -0.1) is 0 Å². The molecule has 3 amide bonds. The third kappa shape index (κ3) is 2.98. The Morgan fingerprint density at radius 3 is 2.55 bits per heavy atom. The number of guanidine groups is 1. The Hall–Kier alpha value is -2.58. The summed E-state index contributed by atoms with van der Waals surface area (Å²) in [7, 11) is 3.34. The first kappa shape index (κ1) is 19.7. The van der Waals surface area contributed by atoms with Crippen LogP contribution in [-0.2, 0) is 16.1 Å². The number of halogens is 1. The summed E-state index contributed by atoms with van der Waals surface area (Å²) >= 11 is 6.26. The molecule has 3 aliphatic rings. The van der Waals surface area contributed by atoms with Crippen molar-refractivity contribution in [1.82, 2.24) is 19.6 Å². The van der Waals surface area contributed by atoms with Gasteiger partial charge in [0.2, 0.25) is 5.96 Å². The number of imide groups is 1. The molecule has 0 aliphatic carbocycles. The smallest absolute Gasteiger partial charge is 0.328 e. The average molecular weight is 418 g/mol. The summed E-state index contributed by atoms with van der Waals surface area (Å²) in [5.74, 6) is 0.428. The van der Waals surface area contributed by atoms with Crippen LogP contribution in [0.4, 0.5) is 4.79 Å². The van der Waals surface area contributed by atoms with Crippen molar-refractivity contribution in [3.63, 3.8) is 0 Å². The number of carbonyl (C=O) groups is 2. The van der Waals surface area contributed by atoms with Gasteiger partial charge in [-0.25, -0.2) is 9.79 Å². The highest BCUT2D eigenvalue weighted by atomic mass is 35.5. The van der Waals surface area contributed by atoms with Crippen molar-refractivity contribution in [2.45, 2.75) is 32.6 Å². The predicted molar refractivity (Wildman–Crippen MR) is 109 cm³/mol. The number of hydrogen-bond donors (Lipinski definition) is 0. The van der Waals surface area contributed by atoms with Crippen molar-refractivity contribution >= 4 is 29.5 Å². The fraction of sp³-hybridized carbons (Fsp3) is 0.450. The van der Waals surface area contributed by atoms with E-state index in [-0.39, 0.29) is 18.5 Å². The molecule has 0 spiro atoms. The van der Waals surface area contributed by atoms with Crippen LogP contribution in [0.1, 0.15) is 19.4 Å². The zero-order chi connectivity index (χ0) is 20.9. The molecule has 0 saturated carbocycles. The molecule has 3 heterocycles. The first-order chi connectivity index (χ1) is 13.9. The van der Waals surface area contributed by atoms with Gasteiger partial charge >= 0.3 is 6.03 Å². The standard InChI is InChI=1S/C20H24ClN5O3/c1-12-13(2)26-16-17(22-19(26)24(12)9-10-29-4)23(3)20(28)25(18(16)27)11-14-7-5-6-8-15(14)21/h5-8,16-17H,9-11H2,1-4H3. The molecule has 154 valence electrons. The van der Waals surface area contributed by atoms with Crippen molar-refractivity contribution < 1.29 is 14.3 Å². The van der Waals surface area contributed by atoms with Gasteiger partial charge in [0.25, 0.3) is 5.91 Å². The highest BCUT2D eigenvalue weighted by Gasteiger charge is 2.55. The van der Waals surface area contributed by atoms with E-state index < -0.39 is 12.2 Å². The van der Waals surface area contributed by atoms with E-state index in [1.165, 1.54) is 9.80 Å². The van der Waals surface area contributed by atoms with Gasteiger partial charge in [0, 0.05) is 37.1 Å². The molecular formula is C20H24ClN5O3. The summed E-state index contributed by atoms with van der Waals surface area (Å²) in [4.78, 5) is 38.0. The number of methoxy groups -OCH3 is 1. The minimum Gasteiger partial charge on any atom is -0.383 e. The van der Waals surface area contributed by atoms with Crippen molar-refractivity contribution in [2.24, 2.45) is 4.99 Å². The van der Waals surface area contributed by atoms with Crippen LogP contribution in [-0.4, -0.2) is 77.0 Å². The fourth-order valence-corrected chi connectivity index (χ4v) is 4.27. The zero-order valence-electron chi connectivity index (χ0n) is 16.9. The Morgan fingerprint density at radius 2 is 1.86 bits per heavy atom. The highest BCUT2D eigenvalue weighted by Crippen LogP contribution is 2.38. The maximum Gasteiger partial charge on any atom is 0.328 e. The Balaban J connectivity index is 1.66. The van der Waals surface area contributed by atoms with Crippen molar-refractivity contribution in [3.05, 3.63) is 46.2 Å². The molecule has 1 aromatic rings.